The summed E-state index contributed by atoms with van der Waals surface area (Å²) in [5.74, 6) is 6.44. The molecule has 4 heteroatoms. The average molecular weight is 232 g/mol. The maximum Gasteiger partial charge on any atom is 0.135 e. The summed E-state index contributed by atoms with van der Waals surface area (Å²) in [4.78, 5) is 11.4. The number of carbonyl (C=O) groups is 1. The van der Waals surface area contributed by atoms with Gasteiger partial charge in [-0.1, -0.05) is 27.7 Å². The van der Waals surface area contributed by atoms with Crippen molar-refractivity contribution < 1.29 is 4.79 Å². The predicted molar refractivity (Wildman–Crippen MR) is 67.8 cm³/mol. The van der Waals surface area contributed by atoms with Gasteiger partial charge in [-0.05, 0) is 13.3 Å². The highest BCUT2D eigenvalue weighted by atomic mass is 32.2. The number of hydrogen-bond acceptors (Lipinski definition) is 4. The van der Waals surface area contributed by atoms with Crippen LogP contribution in [-0.2, 0) is 4.79 Å². The van der Waals surface area contributed by atoms with Gasteiger partial charge in [0.2, 0.25) is 0 Å². The monoisotopic (exact) mass is 232 g/mol. The highest BCUT2D eigenvalue weighted by Gasteiger charge is 2.32. The maximum absolute atomic E-state index is 11.4. The lowest BCUT2D eigenvalue weighted by Crippen LogP contribution is -2.32. The van der Waals surface area contributed by atoms with Crippen molar-refractivity contribution in [1.82, 2.24) is 5.43 Å². The molecule has 0 atom stereocenters. The third kappa shape index (κ3) is 6.17. The van der Waals surface area contributed by atoms with Crippen molar-refractivity contribution in [3.8, 4) is 0 Å². The molecule has 0 fully saturated rings. The van der Waals surface area contributed by atoms with Gasteiger partial charge in [-0.2, -0.15) is 11.8 Å². The molecule has 0 aromatic heterocycles. The molecule has 0 aliphatic rings. The molecule has 0 saturated carbocycles. The Bertz CT molecular complexity index is 215. The van der Waals surface area contributed by atoms with E-state index in [1.165, 1.54) is 0 Å². The first-order valence-electron chi connectivity index (χ1n) is 5.30. The molecule has 0 spiro atoms. The molecule has 0 aliphatic heterocycles. The second-order valence-corrected chi connectivity index (χ2v) is 6.98. The van der Waals surface area contributed by atoms with E-state index in [9.17, 15) is 4.79 Å². The number of nitrogens with one attached hydrogen (secondary N) is 1. The fourth-order valence-corrected chi connectivity index (χ4v) is 2.86. The van der Waals surface area contributed by atoms with Gasteiger partial charge in [0.25, 0.3) is 0 Å². The lowest BCUT2D eigenvalue weighted by Gasteiger charge is -2.32. The smallest absolute Gasteiger partial charge is 0.135 e. The largest absolute Gasteiger partial charge is 0.299 e. The van der Waals surface area contributed by atoms with E-state index in [4.69, 9.17) is 5.84 Å². The number of hydrazine groups is 1. The summed E-state index contributed by atoms with van der Waals surface area (Å²) in [7, 11) is 0. The van der Waals surface area contributed by atoms with E-state index in [0.29, 0.717) is 0 Å². The second-order valence-electron chi connectivity index (χ2n) is 5.18. The minimum atomic E-state index is -0.230. The molecule has 3 N–H and O–H groups in total. The zero-order valence-corrected chi connectivity index (χ0v) is 11.3. The van der Waals surface area contributed by atoms with Crippen molar-refractivity contribution in [2.75, 3.05) is 12.3 Å². The Kier molecular flexibility index (Phi) is 5.85. The van der Waals surface area contributed by atoms with E-state index < -0.39 is 0 Å². The van der Waals surface area contributed by atoms with Crippen LogP contribution in [-0.4, -0.2) is 22.8 Å². The molecular weight excluding hydrogens is 208 g/mol. The van der Waals surface area contributed by atoms with Gasteiger partial charge < -0.3 is 0 Å². The van der Waals surface area contributed by atoms with Crippen molar-refractivity contribution in [3.05, 3.63) is 0 Å². The Balaban J connectivity index is 4.18. The number of Topliss-reactive ketones (excluding diaryl/α,β-unsaturated/α-hetero) is 1. The molecule has 0 rings (SSSR count). The van der Waals surface area contributed by atoms with Crippen LogP contribution < -0.4 is 11.3 Å². The van der Waals surface area contributed by atoms with Gasteiger partial charge in [0.1, 0.15) is 5.78 Å². The maximum atomic E-state index is 11.4. The summed E-state index contributed by atoms with van der Waals surface area (Å²) in [6.45, 7) is 10.9. The SMILES string of the molecule is CC(=O)C(C)(C)CC(C)(C)SCCNN. The summed E-state index contributed by atoms with van der Waals surface area (Å²) >= 11 is 1.85. The topological polar surface area (TPSA) is 55.1 Å². The number of nitrogens with two attached hydrogens (primary N) is 1. The van der Waals surface area contributed by atoms with Crippen LogP contribution in [0.25, 0.3) is 0 Å². The van der Waals surface area contributed by atoms with Crippen molar-refractivity contribution in [3.63, 3.8) is 0 Å². The first-order chi connectivity index (χ1) is 6.71. The zero-order chi connectivity index (χ0) is 12.1. The predicted octanol–water partition coefficient (Wildman–Crippen LogP) is 1.97. The average Bonchev–Trinajstić information content (AvgIpc) is 2.01. The lowest BCUT2D eigenvalue weighted by atomic mass is 9.80. The lowest BCUT2D eigenvalue weighted by molar-refractivity contribution is -0.125. The zero-order valence-electron chi connectivity index (χ0n) is 10.5. The van der Waals surface area contributed by atoms with Crippen molar-refractivity contribution in [1.29, 1.82) is 0 Å². The Morgan fingerprint density at radius 3 is 2.27 bits per heavy atom. The summed E-state index contributed by atoms with van der Waals surface area (Å²) in [6, 6.07) is 0. The van der Waals surface area contributed by atoms with Crippen LogP contribution in [0.2, 0.25) is 0 Å². The summed E-state index contributed by atoms with van der Waals surface area (Å²) < 4.78 is 0.117. The normalized spacial score (nSPS) is 12.9. The Labute approximate surface area is 97.5 Å². The molecule has 0 aromatic carbocycles. The number of ketones is 1. The minimum absolute atomic E-state index is 0.117. The van der Waals surface area contributed by atoms with Crippen LogP contribution in [0.4, 0.5) is 0 Å². The molecule has 0 amide bonds. The molecule has 0 unspecified atom stereocenters. The molecule has 90 valence electrons. The third-order valence-electron chi connectivity index (χ3n) is 2.56. The van der Waals surface area contributed by atoms with E-state index in [-0.39, 0.29) is 15.9 Å². The molecule has 0 heterocycles. The standard InChI is InChI=1S/C11H24N2OS/c1-9(14)10(2,3)8-11(4,5)15-7-6-13-12/h13H,6-8,12H2,1-5H3. The van der Waals surface area contributed by atoms with Crippen LogP contribution in [0.15, 0.2) is 0 Å². The molecule has 0 bridgehead atoms. The fourth-order valence-electron chi connectivity index (χ4n) is 1.63. The summed E-state index contributed by atoms with van der Waals surface area (Å²) in [5, 5.41) is 0. The van der Waals surface area contributed by atoms with E-state index in [1.807, 2.05) is 25.6 Å². The van der Waals surface area contributed by atoms with Crippen LogP contribution in [0.3, 0.4) is 0 Å². The Morgan fingerprint density at radius 2 is 1.87 bits per heavy atom. The number of rotatable bonds is 7. The Morgan fingerprint density at radius 1 is 1.33 bits per heavy atom. The highest BCUT2D eigenvalue weighted by molar-refractivity contribution is 8.00. The van der Waals surface area contributed by atoms with Crippen molar-refractivity contribution in [2.24, 2.45) is 11.3 Å². The summed E-state index contributed by atoms with van der Waals surface area (Å²) in [6.07, 6.45) is 0.893. The van der Waals surface area contributed by atoms with Crippen molar-refractivity contribution in [2.45, 2.75) is 45.8 Å². The molecule has 3 nitrogen and oxygen atoms in total. The van der Waals surface area contributed by atoms with E-state index in [1.54, 1.807) is 6.92 Å². The molecule has 0 aliphatic carbocycles. The van der Waals surface area contributed by atoms with E-state index in [0.717, 1.165) is 18.7 Å². The van der Waals surface area contributed by atoms with Gasteiger partial charge in [0, 0.05) is 22.5 Å². The van der Waals surface area contributed by atoms with E-state index in [2.05, 4.69) is 19.3 Å². The van der Waals surface area contributed by atoms with Gasteiger partial charge in [-0.25, -0.2) is 0 Å². The minimum Gasteiger partial charge on any atom is -0.299 e. The first-order valence-corrected chi connectivity index (χ1v) is 6.28. The molecule has 15 heavy (non-hydrogen) atoms. The molecule has 0 radical (unpaired) electrons. The number of carbonyl (C=O) groups excluding carboxylic acids is 1. The van der Waals surface area contributed by atoms with Crippen LogP contribution in [0.1, 0.15) is 41.0 Å². The van der Waals surface area contributed by atoms with Crippen LogP contribution in [0.5, 0.6) is 0 Å². The summed E-state index contributed by atoms with van der Waals surface area (Å²) in [5.41, 5.74) is 2.41. The number of hydrogen-bond donors (Lipinski definition) is 2. The molecule has 0 aromatic rings. The van der Waals surface area contributed by atoms with Gasteiger partial charge >= 0.3 is 0 Å². The second kappa shape index (κ2) is 5.87. The van der Waals surface area contributed by atoms with Crippen LogP contribution in [0, 0.1) is 5.41 Å². The Hall–Kier alpha value is -0.0600. The van der Waals surface area contributed by atoms with Crippen LogP contribution >= 0.6 is 11.8 Å². The van der Waals surface area contributed by atoms with Gasteiger partial charge in [0.05, 0.1) is 0 Å². The quantitative estimate of drug-likeness (QED) is 0.400. The fraction of sp³-hybridized carbons (Fsp3) is 0.909. The van der Waals surface area contributed by atoms with Crippen molar-refractivity contribution >= 4 is 17.5 Å². The molecule has 0 saturated heterocycles. The third-order valence-corrected chi connectivity index (χ3v) is 3.89. The highest BCUT2D eigenvalue weighted by Crippen LogP contribution is 2.37. The molecular formula is C11H24N2OS. The van der Waals surface area contributed by atoms with Gasteiger partial charge in [-0.15, -0.1) is 0 Å². The number of thioether (sulfide) groups is 1. The van der Waals surface area contributed by atoms with E-state index >= 15 is 0 Å². The van der Waals surface area contributed by atoms with Gasteiger partial charge in [-0.3, -0.25) is 16.1 Å². The first kappa shape index (κ1) is 14.9. The van der Waals surface area contributed by atoms with Gasteiger partial charge in [0.15, 0.2) is 0 Å².